The minimum atomic E-state index is -4.35. The molecule has 0 amide bonds. The van der Waals surface area contributed by atoms with E-state index in [9.17, 15) is 4.57 Å². The molecule has 2 N–H and O–H groups in total. The van der Waals surface area contributed by atoms with Gasteiger partial charge in [0, 0.05) is 0 Å². The van der Waals surface area contributed by atoms with E-state index in [-0.39, 0.29) is 12.0 Å². The van der Waals surface area contributed by atoms with Crippen molar-refractivity contribution in [2.24, 2.45) is 5.92 Å². The van der Waals surface area contributed by atoms with E-state index in [1.807, 2.05) is 6.07 Å². The highest BCUT2D eigenvalue weighted by Crippen LogP contribution is 2.39. The summed E-state index contributed by atoms with van der Waals surface area (Å²) in [4.78, 5) is 17.6. The molecule has 0 aliphatic carbocycles. The first kappa shape index (κ1) is 20.4. The number of unbranched alkanes of at least 4 members (excludes halogenated alkanes) is 2. The second kappa shape index (κ2) is 9.58. The van der Waals surface area contributed by atoms with Gasteiger partial charge in [0.25, 0.3) is 0 Å². The maximum atomic E-state index is 10.8. The van der Waals surface area contributed by atoms with Gasteiger partial charge >= 0.3 is 7.82 Å². The predicted octanol–water partition coefficient (Wildman–Crippen LogP) is 5.05. The maximum Gasteiger partial charge on any atom is 0.469 e. The van der Waals surface area contributed by atoms with Gasteiger partial charge < -0.3 is 9.79 Å². The Kier molecular flexibility index (Phi) is 8.49. The van der Waals surface area contributed by atoms with Gasteiger partial charge in [0.1, 0.15) is 0 Å². The summed E-state index contributed by atoms with van der Waals surface area (Å²) in [6.07, 6.45) is 6.31. The van der Waals surface area contributed by atoms with Gasteiger partial charge in [-0.3, -0.25) is 4.52 Å². The molecule has 0 fully saturated rings. The van der Waals surface area contributed by atoms with Gasteiger partial charge in [-0.1, -0.05) is 70.4 Å². The maximum absolute atomic E-state index is 10.8. The Balaban J connectivity index is 2.69. The molecule has 1 aromatic rings. The van der Waals surface area contributed by atoms with Gasteiger partial charge in [-0.05, 0) is 36.2 Å². The molecule has 0 saturated heterocycles. The van der Waals surface area contributed by atoms with Crippen LogP contribution < -0.4 is 0 Å². The third-order valence-corrected chi connectivity index (χ3v) is 5.17. The molecular weight excluding hydrogens is 311 g/mol. The highest BCUT2D eigenvalue weighted by Gasteiger charge is 2.30. The van der Waals surface area contributed by atoms with E-state index < -0.39 is 7.82 Å². The monoisotopic (exact) mass is 342 g/mol. The molecule has 132 valence electrons. The predicted molar refractivity (Wildman–Crippen MR) is 94.3 cm³/mol. The fraction of sp³-hybridized carbons (Fsp3) is 0.667. The SMILES string of the molecule is CCCCCC(CCCOP(=O)(O)O)C(C)(C)c1ccccc1. The third kappa shape index (κ3) is 7.63. The van der Waals surface area contributed by atoms with E-state index in [0.717, 1.165) is 12.8 Å². The van der Waals surface area contributed by atoms with Crippen LogP contribution in [0, 0.1) is 5.92 Å². The van der Waals surface area contributed by atoms with E-state index in [1.165, 1.54) is 24.8 Å². The first-order valence-corrected chi connectivity index (χ1v) is 10.1. The average molecular weight is 342 g/mol. The summed E-state index contributed by atoms with van der Waals surface area (Å²) in [6, 6.07) is 10.5. The van der Waals surface area contributed by atoms with Crippen LogP contribution in [0.15, 0.2) is 30.3 Å². The molecule has 0 aromatic heterocycles. The molecule has 1 atom stereocenters. The lowest BCUT2D eigenvalue weighted by atomic mass is 9.69. The highest BCUT2D eigenvalue weighted by atomic mass is 31.2. The van der Waals surface area contributed by atoms with E-state index in [0.29, 0.717) is 12.3 Å². The van der Waals surface area contributed by atoms with Crippen molar-refractivity contribution >= 4 is 7.82 Å². The van der Waals surface area contributed by atoms with E-state index in [4.69, 9.17) is 9.79 Å². The van der Waals surface area contributed by atoms with Crippen molar-refractivity contribution < 1.29 is 18.9 Å². The summed E-state index contributed by atoms with van der Waals surface area (Å²) in [5.41, 5.74) is 1.36. The Morgan fingerprint density at radius 1 is 1.09 bits per heavy atom. The Labute approximate surface area is 140 Å². The molecule has 0 aliphatic rings. The molecule has 0 radical (unpaired) electrons. The van der Waals surface area contributed by atoms with Crippen molar-refractivity contribution in [2.75, 3.05) is 6.61 Å². The number of phosphoric acid groups is 1. The summed E-state index contributed by atoms with van der Waals surface area (Å²) in [6.45, 7) is 6.84. The van der Waals surface area contributed by atoms with Crippen LogP contribution in [-0.4, -0.2) is 16.4 Å². The number of hydrogen-bond donors (Lipinski definition) is 2. The molecule has 0 heterocycles. The van der Waals surface area contributed by atoms with Crippen molar-refractivity contribution in [3.63, 3.8) is 0 Å². The van der Waals surface area contributed by atoms with Gasteiger partial charge in [-0.2, -0.15) is 0 Å². The number of hydrogen-bond acceptors (Lipinski definition) is 2. The van der Waals surface area contributed by atoms with E-state index in [2.05, 4.69) is 49.6 Å². The zero-order chi connectivity index (χ0) is 17.3. The van der Waals surface area contributed by atoms with Gasteiger partial charge in [-0.15, -0.1) is 0 Å². The minimum Gasteiger partial charge on any atom is -0.303 e. The molecule has 0 saturated carbocycles. The van der Waals surface area contributed by atoms with Gasteiger partial charge in [-0.25, -0.2) is 4.57 Å². The van der Waals surface area contributed by atoms with Crippen LogP contribution in [0.25, 0.3) is 0 Å². The molecule has 23 heavy (non-hydrogen) atoms. The molecule has 0 bridgehead atoms. The Morgan fingerprint density at radius 2 is 1.70 bits per heavy atom. The normalized spacial score (nSPS) is 14.0. The van der Waals surface area contributed by atoms with Crippen molar-refractivity contribution in [1.29, 1.82) is 0 Å². The van der Waals surface area contributed by atoms with Crippen LogP contribution >= 0.6 is 7.82 Å². The van der Waals surface area contributed by atoms with Gasteiger partial charge in [0.2, 0.25) is 0 Å². The number of phosphoric ester groups is 1. The molecule has 5 heteroatoms. The third-order valence-electron chi connectivity index (χ3n) is 4.65. The first-order chi connectivity index (χ1) is 10.8. The fourth-order valence-corrected chi connectivity index (χ4v) is 3.49. The zero-order valence-corrected chi connectivity index (χ0v) is 15.5. The second-order valence-corrected chi connectivity index (χ2v) is 7.99. The zero-order valence-electron chi connectivity index (χ0n) is 14.6. The number of rotatable bonds is 11. The quantitative estimate of drug-likeness (QED) is 0.436. The number of benzene rings is 1. The smallest absolute Gasteiger partial charge is 0.303 e. The molecular formula is C18H31O4P. The van der Waals surface area contributed by atoms with E-state index in [1.54, 1.807) is 0 Å². The molecule has 4 nitrogen and oxygen atoms in total. The first-order valence-electron chi connectivity index (χ1n) is 8.53. The molecule has 1 rings (SSSR count). The van der Waals surface area contributed by atoms with Gasteiger partial charge in [0.05, 0.1) is 6.61 Å². The lowest BCUT2D eigenvalue weighted by Gasteiger charge is -2.35. The standard InChI is InChI=1S/C18H31O4P/c1-4-5-7-11-17(14-10-15-22-23(19,20)21)18(2,3)16-12-8-6-9-13-16/h6,8-9,12-13,17H,4-5,7,10-11,14-15H2,1-3H3,(H2,19,20,21). The Morgan fingerprint density at radius 3 is 2.26 bits per heavy atom. The Hall–Kier alpha value is -0.670. The summed E-state index contributed by atoms with van der Waals surface area (Å²) < 4.78 is 15.4. The lowest BCUT2D eigenvalue weighted by molar-refractivity contribution is 0.180. The summed E-state index contributed by atoms with van der Waals surface area (Å²) in [5, 5.41) is 0. The molecule has 1 aromatic carbocycles. The van der Waals surface area contributed by atoms with Crippen LogP contribution in [0.4, 0.5) is 0 Å². The molecule has 0 aliphatic heterocycles. The lowest BCUT2D eigenvalue weighted by Crippen LogP contribution is -2.29. The van der Waals surface area contributed by atoms with Crippen molar-refractivity contribution in [3.8, 4) is 0 Å². The van der Waals surface area contributed by atoms with Crippen LogP contribution in [0.3, 0.4) is 0 Å². The van der Waals surface area contributed by atoms with Crippen LogP contribution in [0.1, 0.15) is 64.9 Å². The summed E-state index contributed by atoms with van der Waals surface area (Å²) >= 11 is 0. The summed E-state index contributed by atoms with van der Waals surface area (Å²) in [5.74, 6) is 0.469. The molecule has 1 unspecified atom stereocenters. The minimum absolute atomic E-state index is 0.0388. The largest absolute Gasteiger partial charge is 0.469 e. The fourth-order valence-electron chi connectivity index (χ4n) is 3.12. The van der Waals surface area contributed by atoms with Crippen molar-refractivity contribution in [2.45, 2.75) is 64.7 Å². The summed E-state index contributed by atoms with van der Waals surface area (Å²) in [7, 11) is -4.35. The van der Waals surface area contributed by atoms with Crippen LogP contribution in [-0.2, 0) is 14.5 Å². The van der Waals surface area contributed by atoms with Crippen molar-refractivity contribution in [1.82, 2.24) is 0 Å². The van der Waals surface area contributed by atoms with Crippen molar-refractivity contribution in [3.05, 3.63) is 35.9 Å². The Bertz CT molecular complexity index is 481. The second-order valence-electron chi connectivity index (χ2n) is 6.75. The average Bonchev–Trinajstić information content (AvgIpc) is 2.49. The highest BCUT2D eigenvalue weighted by molar-refractivity contribution is 7.46. The van der Waals surface area contributed by atoms with Crippen LogP contribution in [0.5, 0.6) is 0 Å². The van der Waals surface area contributed by atoms with E-state index >= 15 is 0 Å². The molecule has 0 spiro atoms. The van der Waals surface area contributed by atoms with Crippen LogP contribution in [0.2, 0.25) is 0 Å². The van der Waals surface area contributed by atoms with Gasteiger partial charge in [0.15, 0.2) is 0 Å². The topological polar surface area (TPSA) is 66.8 Å².